The average Bonchev–Trinajstić information content (AvgIpc) is 2.15. The van der Waals surface area contributed by atoms with Crippen LogP contribution in [0.1, 0.15) is 0 Å². The van der Waals surface area contributed by atoms with Gasteiger partial charge >= 0.3 is 51.4 Å². The van der Waals surface area contributed by atoms with Crippen LogP contribution in [0, 0.1) is 10.1 Å². The number of nitrogens with one attached hydrogen (secondary N) is 2. The van der Waals surface area contributed by atoms with E-state index in [4.69, 9.17) is 0 Å². The molecule has 0 aromatic rings. The summed E-state index contributed by atoms with van der Waals surface area (Å²) in [6, 6.07) is 0. The van der Waals surface area contributed by atoms with Crippen LogP contribution in [0.5, 0.6) is 0 Å². The van der Waals surface area contributed by atoms with Crippen molar-refractivity contribution in [2.75, 3.05) is 13.1 Å². The van der Waals surface area contributed by atoms with Gasteiger partial charge in [0.2, 0.25) is 0 Å². The van der Waals surface area contributed by atoms with E-state index in [2.05, 4.69) is 10.6 Å². The number of hydrogen-bond donors (Lipinski definition) is 2. The van der Waals surface area contributed by atoms with Crippen LogP contribution in [-0.2, 0) is 0 Å². The summed E-state index contributed by atoms with van der Waals surface area (Å²) >= 11 is 0. The summed E-state index contributed by atoms with van der Waals surface area (Å²) in [6.45, 7) is 1.53. The molecule has 5 nitrogen and oxygen atoms in total. The maximum absolute atomic E-state index is 9.80. The Kier molecular flexibility index (Phi) is 5.27. The normalized spacial score (nSPS) is 14.6. The predicted molar refractivity (Wildman–Crippen MR) is 38.2 cm³/mol. The van der Waals surface area contributed by atoms with Gasteiger partial charge in [-0.05, 0) is 0 Å². The maximum atomic E-state index is 9.80. The molecule has 0 spiro atoms. The Morgan fingerprint density at radius 2 is 2.00 bits per heavy atom. The molecule has 0 aliphatic carbocycles. The van der Waals surface area contributed by atoms with Crippen LogP contribution >= 0.6 is 0 Å². The van der Waals surface area contributed by atoms with Gasteiger partial charge in [-0.3, -0.25) is 10.1 Å². The minimum absolute atomic E-state index is 0. The monoisotopic (exact) mass is 169 g/mol. The Labute approximate surface area is 101 Å². The van der Waals surface area contributed by atoms with Crippen molar-refractivity contribution < 1.29 is 4.92 Å². The van der Waals surface area contributed by atoms with Gasteiger partial charge in [0.25, 0.3) is 6.20 Å². The molecule has 1 saturated heterocycles. The molecule has 1 aliphatic heterocycles. The van der Waals surface area contributed by atoms with E-state index in [0.717, 1.165) is 19.3 Å². The molecule has 6 heteroatoms. The van der Waals surface area contributed by atoms with Crippen LogP contribution in [-0.4, -0.2) is 69.4 Å². The number of nitrogens with zero attached hydrogens (tertiary/aromatic N) is 1. The first-order chi connectivity index (χ1) is 4.29. The molecule has 0 unspecified atom stereocenters. The van der Waals surface area contributed by atoms with Crippen LogP contribution in [0.25, 0.3) is 0 Å². The van der Waals surface area contributed by atoms with E-state index < -0.39 is 4.92 Å². The van der Waals surface area contributed by atoms with Crippen molar-refractivity contribution in [3.63, 3.8) is 0 Å². The molecule has 10 heavy (non-hydrogen) atoms. The molecule has 0 aromatic carbocycles. The molecular weight excluding hydrogens is 161 g/mol. The average molecular weight is 169 g/mol. The Bertz CT molecular complexity index is 151. The van der Waals surface area contributed by atoms with Crippen molar-refractivity contribution in [2.24, 2.45) is 0 Å². The van der Waals surface area contributed by atoms with Crippen LogP contribution in [0.2, 0.25) is 0 Å². The third-order valence-corrected chi connectivity index (χ3v) is 0.990. The molecule has 52 valence electrons. The van der Waals surface area contributed by atoms with E-state index >= 15 is 0 Å². The molecule has 0 radical (unpaired) electrons. The molecular formula is C4H8KN3O2. The molecule has 0 aromatic heterocycles. The first-order valence-corrected chi connectivity index (χ1v) is 2.62. The van der Waals surface area contributed by atoms with Crippen LogP contribution in [0.15, 0.2) is 12.0 Å². The van der Waals surface area contributed by atoms with Gasteiger partial charge in [-0.1, -0.05) is 0 Å². The van der Waals surface area contributed by atoms with Gasteiger partial charge in [0.15, 0.2) is 5.82 Å². The molecule has 0 saturated carbocycles. The van der Waals surface area contributed by atoms with Crippen molar-refractivity contribution >= 4 is 51.4 Å². The Hall–Kier alpha value is 0.376. The second kappa shape index (κ2) is 5.08. The molecule has 0 bridgehead atoms. The topological polar surface area (TPSA) is 67.2 Å². The molecule has 1 heterocycles. The van der Waals surface area contributed by atoms with Crippen molar-refractivity contribution in [1.29, 1.82) is 0 Å². The quantitative estimate of drug-likeness (QED) is 0.288. The predicted octanol–water partition coefficient (Wildman–Crippen LogP) is -1.39. The Balaban J connectivity index is 0.000000810. The van der Waals surface area contributed by atoms with Gasteiger partial charge in [0.05, 0.1) is 4.92 Å². The molecule has 0 amide bonds. The van der Waals surface area contributed by atoms with E-state index in [1.54, 1.807) is 0 Å². The SMILES string of the molecule is O=[N+]([O-])C=C1NCCN1.[KH]. The van der Waals surface area contributed by atoms with Crippen molar-refractivity contribution in [2.45, 2.75) is 0 Å². The van der Waals surface area contributed by atoms with Gasteiger partial charge in [-0.15, -0.1) is 0 Å². The van der Waals surface area contributed by atoms with Gasteiger partial charge < -0.3 is 10.6 Å². The van der Waals surface area contributed by atoms with Crippen molar-refractivity contribution in [3.8, 4) is 0 Å². The van der Waals surface area contributed by atoms with E-state index in [9.17, 15) is 10.1 Å². The van der Waals surface area contributed by atoms with E-state index in [1.807, 2.05) is 0 Å². The first-order valence-electron chi connectivity index (χ1n) is 2.62. The van der Waals surface area contributed by atoms with E-state index in [-0.39, 0.29) is 51.4 Å². The number of hydrogen-bond acceptors (Lipinski definition) is 4. The minimum atomic E-state index is -0.485. The summed E-state index contributed by atoms with van der Waals surface area (Å²) in [7, 11) is 0. The van der Waals surface area contributed by atoms with Crippen LogP contribution in [0.3, 0.4) is 0 Å². The summed E-state index contributed by atoms with van der Waals surface area (Å²) in [5.41, 5.74) is 0. The summed E-state index contributed by atoms with van der Waals surface area (Å²) in [4.78, 5) is 9.32. The second-order valence-corrected chi connectivity index (χ2v) is 1.68. The van der Waals surface area contributed by atoms with Crippen molar-refractivity contribution in [1.82, 2.24) is 10.6 Å². The fraction of sp³-hybridized carbons (Fsp3) is 0.500. The molecule has 1 aliphatic rings. The van der Waals surface area contributed by atoms with Gasteiger partial charge in [-0.25, -0.2) is 0 Å². The fourth-order valence-corrected chi connectivity index (χ4v) is 0.654. The summed E-state index contributed by atoms with van der Waals surface area (Å²) in [6.07, 6.45) is 0.924. The Morgan fingerprint density at radius 1 is 1.50 bits per heavy atom. The summed E-state index contributed by atoms with van der Waals surface area (Å²) in [5.74, 6) is 0.500. The molecule has 1 fully saturated rings. The fourth-order valence-electron chi connectivity index (χ4n) is 0.654. The summed E-state index contributed by atoms with van der Waals surface area (Å²) < 4.78 is 0. The van der Waals surface area contributed by atoms with Crippen LogP contribution in [0.4, 0.5) is 0 Å². The Morgan fingerprint density at radius 3 is 2.40 bits per heavy atom. The van der Waals surface area contributed by atoms with E-state index in [0.29, 0.717) is 5.82 Å². The molecule has 2 N–H and O–H groups in total. The zero-order valence-electron chi connectivity index (χ0n) is 4.76. The molecule has 0 atom stereocenters. The molecule has 1 rings (SSSR count). The number of nitro groups is 1. The summed E-state index contributed by atoms with van der Waals surface area (Å²) in [5, 5.41) is 15.4. The van der Waals surface area contributed by atoms with Gasteiger partial charge in [0.1, 0.15) is 0 Å². The standard InChI is InChI=1S/C4H7N3O2.K.H/c8-7(9)3-4-5-1-2-6-4;;/h3,5-6H,1-2H2;;. The number of rotatable bonds is 1. The van der Waals surface area contributed by atoms with Gasteiger partial charge in [-0.2, -0.15) is 0 Å². The van der Waals surface area contributed by atoms with Crippen LogP contribution < -0.4 is 10.6 Å². The van der Waals surface area contributed by atoms with E-state index in [1.165, 1.54) is 0 Å². The van der Waals surface area contributed by atoms with Crippen molar-refractivity contribution in [3.05, 3.63) is 22.1 Å². The zero-order chi connectivity index (χ0) is 6.69. The third-order valence-electron chi connectivity index (χ3n) is 0.990. The van der Waals surface area contributed by atoms with Gasteiger partial charge in [0, 0.05) is 13.1 Å². The second-order valence-electron chi connectivity index (χ2n) is 1.68. The zero-order valence-corrected chi connectivity index (χ0v) is 4.76. The third kappa shape index (κ3) is 3.52. The first kappa shape index (κ1) is 10.4.